The van der Waals surface area contributed by atoms with E-state index >= 15 is 0 Å². The Morgan fingerprint density at radius 2 is 1.85 bits per heavy atom. The Morgan fingerprint density at radius 1 is 0.963 bits per heavy atom. The summed E-state index contributed by atoms with van der Waals surface area (Å²) in [5.74, 6) is 1.21. The summed E-state index contributed by atoms with van der Waals surface area (Å²) in [6.07, 6.45) is 4.71. The van der Waals surface area contributed by atoms with Crippen LogP contribution in [0.5, 0.6) is 0 Å². The van der Waals surface area contributed by atoms with Gasteiger partial charge in [-0.05, 0) is 39.6 Å². The minimum absolute atomic E-state index is 0.491. The van der Waals surface area contributed by atoms with Crippen LogP contribution in [-0.2, 0) is 13.0 Å². The van der Waals surface area contributed by atoms with E-state index in [0.717, 1.165) is 29.8 Å². The molecule has 0 atom stereocenters. The molecule has 2 aromatic carbocycles. The van der Waals surface area contributed by atoms with Gasteiger partial charge in [-0.2, -0.15) is 5.10 Å². The van der Waals surface area contributed by atoms with Crippen molar-refractivity contribution in [2.75, 3.05) is 16.6 Å². The highest BCUT2D eigenvalue weighted by atomic mass is 15.6. The van der Waals surface area contributed by atoms with Gasteiger partial charge in [0.2, 0.25) is 0 Å². The van der Waals surface area contributed by atoms with E-state index in [1.807, 2.05) is 16.9 Å². The monoisotopic (exact) mass is 357 g/mol. The Morgan fingerprint density at radius 3 is 2.78 bits per heavy atom. The first-order valence-electron chi connectivity index (χ1n) is 8.80. The van der Waals surface area contributed by atoms with E-state index in [9.17, 15) is 0 Å². The Labute approximate surface area is 156 Å². The van der Waals surface area contributed by atoms with Gasteiger partial charge in [-0.25, -0.2) is 4.98 Å². The summed E-state index contributed by atoms with van der Waals surface area (Å²) in [4.78, 5) is 4.26. The normalized spacial score (nSPS) is 12.6. The van der Waals surface area contributed by atoms with Crippen LogP contribution in [0.1, 0.15) is 16.7 Å². The highest BCUT2D eigenvalue weighted by Crippen LogP contribution is 2.30. The lowest BCUT2D eigenvalue weighted by atomic mass is 10.1. The van der Waals surface area contributed by atoms with E-state index in [1.54, 1.807) is 0 Å². The molecule has 0 saturated carbocycles. The molecule has 1 aliphatic heterocycles. The number of fused-ring (bicyclic) bond motifs is 2. The standard InChI is InChI=1S/C20H19N7/c21-18-9-17(19-20(23-18)25-26-24-19)8-14-10-22-27(12-14)11-13-5-6-15-3-1-2-4-16(15)7-13/h1-7,9-10,12,24,26H,8,11H2,(H3,21,23,25). The van der Waals surface area contributed by atoms with Gasteiger partial charge in [-0.15, -0.1) is 5.53 Å². The number of pyridine rings is 1. The number of nitrogens with one attached hydrogen (secondary N) is 3. The zero-order chi connectivity index (χ0) is 18.2. The van der Waals surface area contributed by atoms with Crippen molar-refractivity contribution in [1.82, 2.24) is 20.3 Å². The Bertz CT molecular complexity index is 1130. The van der Waals surface area contributed by atoms with Gasteiger partial charge in [0.25, 0.3) is 0 Å². The van der Waals surface area contributed by atoms with Gasteiger partial charge in [-0.3, -0.25) is 10.1 Å². The number of anilines is 3. The third kappa shape index (κ3) is 3.04. The number of hydrogen-bond donors (Lipinski definition) is 4. The molecule has 0 spiro atoms. The Balaban J connectivity index is 1.37. The van der Waals surface area contributed by atoms with Crippen LogP contribution in [0.15, 0.2) is 60.9 Å². The van der Waals surface area contributed by atoms with Gasteiger partial charge in [-0.1, -0.05) is 36.4 Å². The number of hydrazine groups is 2. The summed E-state index contributed by atoms with van der Waals surface area (Å²) in [5.41, 5.74) is 19.1. The molecule has 2 aromatic heterocycles. The molecule has 7 heteroatoms. The highest BCUT2D eigenvalue weighted by Gasteiger charge is 2.17. The van der Waals surface area contributed by atoms with Gasteiger partial charge in [0, 0.05) is 12.6 Å². The Hall–Kier alpha value is -3.58. The topological polar surface area (TPSA) is 92.8 Å². The van der Waals surface area contributed by atoms with Gasteiger partial charge in [0.15, 0.2) is 5.82 Å². The van der Waals surface area contributed by atoms with Crippen molar-refractivity contribution in [3.8, 4) is 0 Å². The zero-order valence-electron chi connectivity index (χ0n) is 14.6. The maximum atomic E-state index is 5.91. The minimum Gasteiger partial charge on any atom is -0.384 e. The molecule has 5 N–H and O–H groups in total. The van der Waals surface area contributed by atoms with E-state index in [2.05, 4.69) is 75.1 Å². The number of aromatic nitrogens is 3. The van der Waals surface area contributed by atoms with Crippen LogP contribution in [-0.4, -0.2) is 14.8 Å². The first kappa shape index (κ1) is 15.7. The predicted octanol–water partition coefficient (Wildman–Crippen LogP) is 2.91. The van der Waals surface area contributed by atoms with Gasteiger partial charge >= 0.3 is 0 Å². The van der Waals surface area contributed by atoms with Crippen LogP contribution < -0.4 is 22.1 Å². The molecule has 4 aromatic rings. The van der Waals surface area contributed by atoms with Crippen LogP contribution in [0.3, 0.4) is 0 Å². The quantitative estimate of drug-likeness (QED) is 0.449. The fraction of sp³-hybridized carbons (Fsp3) is 0.100. The first-order valence-corrected chi connectivity index (χ1v) is 8.80. The largest absolute Gasteiger partial charge is 0.384 e. The molecule has 7 nitrogen and oxygen atoms in total. The van der Waals surface area contributed by atoms with Crippen LogP contribution in [0, 0.1) is 0 Å². The van der Waals surface area contributed by atoms with Gasteiger partial charge in [0.1, 0.15) is 5.82 Å². The van der Waals surface area contributed by atoms with Crippen LogP contribution in [0.4, 0.5) is 17.3 Å². The third-order valence-corrected chi connectivity index (χ3v) is 4.73. The first-order chi connectivity index (χ1) is 13.2. The number of hydrogen-bond acceptors (Lipinski definition) is 6. The van der Waals surface area contributed by atoms with Crippen LogP contribution in [0.2, 0.25) is 0 Å². The molecule has 0 bridgehead atoms. The molecule has 0 radical (unpaired) electrons. The lowest BCUT2D eigenvalue weighted by Gasteiger charge is -2.07. The van der Waals surface area contributed by atoms with Crippen molar-refractivity contribution in [1.29, 1.82) is 0 Å². The molecule has 27 heavy (non-hydrogen) atoms. The fourth-order valence-electron chi connectivity index (χ4n) is 3.47. The third-order valence-electron chi connectivity index (χ3n) is 4.73. The van der Waals surface area contributed by atoms with Crippen molar-refractivity contribution in [2.24, 2.45) is 0 Å². The van der Waals surface area contributed by atoms with Crippen molar-refractivity contribution in [3.63, 3.8) is 0 Å². The number of nitrogens with two attached hydrogens (primary N) is 1. The van der Waals surface area contributed by atoms with Crippen LogP contribution >= 0.6 is 0 Å². The second kappa shape index (κ2) is 6.30. The van der Waals surface area contributed by atoms with Crippen molar-refractivity contribution >= 4 is 28.1 Å². The predicted molar refractivity (Wildman–Crippen MR) is 107 cm³/mol. The number of nitrogen functional groups attached to an aromatic ring is 1. The molecule has 0 aliphatic carbocycles. The maximum Gasteiger partial charge on any atom is 0.169 e. The molecular formula is C20H19N7. The summed E-state index contributed by atoms with van der Waals surface area (Å²) in [7, 11) is 0. The van der Waals surface area contributed by atoms with Gasteiger partial charge in [0.05, 0.1) is 18.4 Å². The zero-order valence-corrected chi connectivity index (χ0v) is 14.6. The summed E-state index contributed by atoms with van der Waals surface area (Å²) in [6, 6.07) is 16.8. The Kier molecular flexibility index (Phi) is 3.65. The van der Waals surface area contributed by atoms with Crippen molar-refractivity contribution in [2.45, 2.75) is 13.0 Å². The van der Waals surface area contributed by atoms with E-state index in [0.29, 0.717) is 11.6 Å². The lowest BCUT2D eigenvalue weighted by molar-refractivity contribution is 0.687. The molecule has 134 valence electrons. The average molecular weight is 357 g/mol. The second-order valence-corrected chi connectivity index (χ2v) is 6.71. The number of nitrogens with zero attached hydrogens (tertiary/aromatic N) is 3. The summed E-state index contributed by atoms with van der Waals surface area (Å²) in [6.45, 7) is 0.739. The highest BCUT2D eigenvalue weighted by molar-refractivity contribution is 5.83. The summed E-state index contributed by atoms with van der Waals surface area (Å²) in [5, 5.41) is 7.02. The van der Waals surface area contributed by atoms with E-state index < -0.39 is 0 Å². The molecule has 0 unspecified atom stereocenters. The van der Waals surface area contributed by atoms with E-state index in [4.69, 9.17) is 5.73 Å². The molecule has 0 saturated heterocycles. The van der Waals surface area contributed by atoms with E-state index in [1.165, 1.54) is 16.3 Å². The summed E-state index contributed by atoms with van der Waals surface area (Å²) < 4.78 is 1.97. The summed E-state index contributed by atoms with van der Waals surface area (Å²) >= 11 is 0. The van der Waals surface area contributed by atoms with E-state index in [-0.39, 0.29) is 0 Å². The fourth-order valence-corrected chi connectivity index (χ4v) is 3.47. The number of rotatable bonds is 4. The molecular weight excluding hydrogens is 338 g/mol. The lowest BCUT2D eigenvalue weighted by Crippen LogP contribution is -2.19. The molecule has 1 aliphatic rings. The molecule has 3 heterocycles. The van der Waals surface area contributed by atoms with Crippen molar-refractivity contribution < 1.29 is 0 Å². The number of benzene rings is 2. The molecule has 5 rings (SSSR count). The SMILES string of the molecule is Nc1cc(Cc2cnn(Cc3ccc4ccccc4c3)c2)c2c(n1)NNN2. The second-order valence-electron chi connectivity index (χ2n) is 6.71. The molecule has 0 amide bonds. The maximum absolute atomic E-state index is 5.91. The average Bonchev–Trinajstić information content (AvgIpc) is 3.31. The minimum atomic E-state index is 0.491. The molecule has 0 fully saturated rings. The smallest absolute Gasteiger partial charge is 0.169 e. The van der Waals surface area contributed by atoms with Crippen molar-refractivity contribution in [3.05, 3.63) is 77.6 Å². The van der Waals surface area contributed by atoms with Crippen LogP contribution in [0.25, 0.3) is 10.8 Å². The van der Waals surface area contributed by atoms with Gasteiger partial charge < -0.3 is 11.2 Å².